The van der Waals surface area contributed by atoms with Gasteiger partial charge in [0.1, 0.15) is 0 Å². The maximum absolute atomic E-state index is 11.2. The van der Waals surface area contributed by atoms with Gasteiger partial charge in [0.2, 0.25) is 0 Å². The Morgan fingerprint density at radius 2 is 1.55 bits per heavy atom. The van der Waals surface area contributed by atoms with Crippen LogP contribution in [0.3, 0.4) is 0 Å². The van der Waals surface area contributed by atoms with Crippen molar-refractivity contribution in [2.75, 3.05) is 0 Å². The average molecular weight is 304 g/mol. The fourth-order valence-corrected chi connectivity index (χ4v) is 7.88. The molecule has 0 heterocycles. The lowest BCUT2D eigenvalue weighted by molar-refractivity contribution is -0.281. The summed E-state index contributed by atoms with van der Waals surface area (Å²) in [7, 11) is 0. The third-order valence-electron chi connectivity index (χ3n) is 8.47. The van der Waals surface area contributed by atoms with E-state index in [0.717, 1.165) is 36.0 Å². The molecule has 2 nitrogen and oxygen atoms in total. The molecule has 124 valence electrons. The van der Waals surface area contributed by atoms with E-state index in [-0.39, 0.29) is 11.0 Å². The second-order valence-corrected chi connectivity index (χ2v) is 9.75. The first-order valence-corrected chi connectivity index (χ1v) is 9.97. The molecule has 0 aromatic carbocycles. The molecule has 0 aromatic heterocycles. The minimum absolute atomic E-state index is 0.0195. The molecule has 1 N–H and O–H groups in total. The first-order valence-electron chi connectivity index (χ1n) is 9.97. The van der Waals surface area contributed by atoms with Crippen molar-refractivity contribution < 1.29 is 9.84 Å². The molecule has 0 aromatic rings. The molecule has 4 atom stereocenters. The molecule has 1 unspecified atom stereocenters. The molecule has 22 heavy (non-hydrogen) atoms. The van der Waals surface area contributed by atoms with Gasteiger partial charge in [-0.3, -0.25) is 0 Å². The number of ether oxygens (including phenoxy) is 1. The molecule has 0 saturated heterocycles. The Labute approximate surface area is 135 Å². The highest BCUT2D eigenvalue weighted by Gasteiger charge is 2.58. The van der Waals surface area contributed by atoms with E-state index in [1.54, 1.807) is 0 Å². The van der Waals surface area contributed by atoms with E-state index < -0.39 is 6.29 Å². The first-order chi connectivity index (χ1) is 10.6. The second-order valence-electron chi connectivity index (χ2n) is 9.75. The maximum atomic E-state index is 11.2. The summed E-state index contributed by atoms with van der Waals surface area (Å²) in [6.07, 6.45) is 14.0. The number of hydrogen-bond acceptors (Lipinski definition) is 2. The van der Waals surface area contributed by atoms with Crippen LogP contribution in [0, 0.1) is 35.0 Å². The number of hydrogen-bond donors (Lipinski definition) is 1. The second kappa shape index (κ2) is 4.72. The quantitative estimate of drug-likeness (QED) is 0.775. The van der Waals surface area contributed by atoms with E-state index in [1.807, 2.05) is 0 Å². The van der Waals surface area contributed by atoms with Crippen LogP contribution in [0.1, 0.15) is 77.6 Å². The van der Waals surface area contributed by atoms with E-state index >= 15 is 0 Å². The van der Waals surface area contributed by atoms with Crippen molar-refractivity contribution in [1.29, 1.82) is 0 Å². The van der Waals surface area contributed by atoms with Gasteiger partial charge in [0, 0.05) is 5.41 Å². The van der Waals surface area contributed by atoms with Gasteiger partial charge >= 0.3 is 0 Å². The lowest BCUT2D eigenvalue weighted by atomic mass is 9.49. The summed E-state index contributed by atoms with van der Waals surface area (Å²) < 4.78 is 6.62. The van der Waals surface area contributed by atoms with Crippen molar-refractivity contribution in [2.24, 2.45) is 35.0 Å². The summed E-state index contributed by atoms with van der Waals surface area (Å²) in [6, 6.07) is 0. The van der Waals surface area contributed by atoms with Gasteiger partial charge in [0.05, 0.1) is 5.60 Å². The largest absolute Gasteiger partial charge is 0.367 e. The number of aliphatic hydroxyl groups is 1. The molecular weight excluding hydrogens is 272 g/mol. The molecule has 2 heteroatoms. The Morgan fingerprint density at radius 3 is 2.00 bits per heavy atom. The van der Waals surface area contributed by atoms with Gasteiger partial charge in [0.25, 0.3) is 0 Å². The van der Waals surface area contributed by atoms with Crippen LogP contribution in [0.4, 0.5) is 0 Å². The maximum Gasteiger partial charge on any atom is 0.160 e. The highest BCUT2D eigenvalue weighted by molar-refractivity contribution is 5.06. The highest BCUT2D eigenvalue weighted by atomic mass is 16.6. The minimum Gasteiger partial charge on any atom is -0.367 e. The van der Waals surface area contributed by atoms with Crippen LogP contribution in [-0.2, 0) is 4.74 Å². The topological polar surface area (TPSA) is 29.5 Å². The Morgan fingerprint density at radius 1 is 0.909 bits per heavy atom. The monoisotopic (exact) mass is 304 g/mol. The standard InChI is InChI=1S/C20H32O2/c1-2-20(12-13-3-4-17(20)8-13)22-18(21)19-9-14-5-15(10-19)7-16(6-14)11-19/h13-18,21H,2-12H2,1H3/t13-,14?,15?,16?,17+,18?,19?,20-/m1/s1. The summed E-state index contributed by atoms with van der Waals surface area (Å²) >= 11 is 0. The predicted octanol–water partition coefficient (Wildman–Crippen LogP) is 4.51. The number of fused-ring (bicyclic) bond motifs is 2. The smallest absolute Gasteiger partial charge is 0.160 e. The Bertz CT molecular complexity index is 423. The molecule has 6 aliphatic carbocycles. The fraction of sp³-hybridized carbons (Fsp3) is 1.00. The normalized spacial score (nSPS) is 56.7. The van der Waals surface area contributed by atoms with Crippen molar-refractivity contribution in [3.05, 3.63) is 0 Å². The van der Waals surface area contributed by atoms with Gasteiger partial charge in [-0.1, -0.05) is 6.92 Å². The van der Waals surface area contributed by atoms with Crippen LogP contribution in [0.25, 0.3) is 0 Å². The molecule has 6 saturated carbocycles. The van der Waals surface area contributed by atoms with Crippen molar-refractivity contribution in [3.8, 4) is 0 Å². The number of aliphatic hydroxyl groups excluding tert-OH is 1. The van der Waals surface area contributed by atoms with E-state index in [2.05, 4.69) is 6.92 Å². The van der Waals surface area contributed by atoms with Gasteiger partial charge in [-0.05, 0) is 100 Å². The van der Waals surface area contributed by atoms with Crippen molar-refractivity contribution in [1.82, 2.24) is 0 Å². The van der Waals surface area contributed by atoms with E-state index in [1.165, 1.54) is 64.2 Å². The van der Waals surface area contributed by atoms with Crippen LogP contribution >= 0.6 is 0 Å². The van der Waals surface area contributed by atoms with Crippen LogP contribution in [0.5, 0.6) is 0 Å². The predicted molar refractivity (Wildman–Crippen MR) is 86.2 cm³/mol. The molecule has 0 spiro atoms. The molecule has 0 amide bonds. The molecule has 6 rings (SSSR count). The minimum atomic E-state index is -0.486. The summed E-state index contributed by atoms with van der Waals surface area (Å²) in [5, 5.41) is 11.2. The summed E-state index contributed by atoms with van der Waals surface area (Å²) in [5.41, 5.74) is 0.143. The summed E-state index contributed by atoms with van der Waals surface area (Å²) in [4.78, 5) is 0. The Balaban J connectivity index is 1.37. The summed E-state index contributed by atoms with van der Waals surface area (Å²) in [5.74, 6) is 4.28. The fourth-order valence-electron chi connectivity index (χ4n) is 7.88. The molecule has 6 bridgehead atoms. The third-order valence-corrected chi connectivity index (χ3v) is 8.47. The van der Waals surface area contributed by atoms with Gasteiger partial charge in [-0.2, -0.15) is 0 Å². The van der Waals surface area contributed by atoms with Crippen molar-refractivity contribution in [3.63, 3.8) is 0 Å². The lowest BCUT2D eigenvalue weighted by Crippen LogP contribution is -2.55. The zero-order valence-corrected chi connectivity index (χ0v) is 14.1. The van der Waals surface area contributed by atoms with Crippen LogP contribution in [-0.4, -0.2) is 17.0 Å². The molecule has 0 aliphatic heterocycles. The number of rotatable bonds is 4. The average Bonchev–Trinajstić information content (AvgIpc) is 3.07. The van der Waals surface area contributed by atoms with Crippen LogP contribution in [0.15, 0.2) is 0 Å². The summed E-state index contributed by atoms with van der Waals surface area (Å²) in [6.45, 7) is 2.28. The Hall–Kier alpha value is -0.0800. The SMILES string of the molecule is CC[C@@]1(OC(O)C23CC4CC(CC(C4)C2)C3)C[C@@H]2CC[C@H]1C2. The van der Waals surface area contributed by atoms with Crippen molar-refractivity contribution in [2.45, 2.75) is 89.4 Å². The van der Waals surface area contributed by atoms with Gasteiger partial charge < -0.3 is 9.84 Å². The zero-order valence-electron chi connectivity index (χ0n) is 14.1. The molecule has 6 aliphatic rings. The van der Waals surface area contributed by atoms with E-state index in [0.29, 0.717) is 0 Å². The van der Waals surface area contributed by atoms with E-state index in [4.69, 9.17) is 4.74 Å². The van der Waals surface area contributed by atoms with Gasteiger partial charge in [-0.15, -0.1) is 0 Å². The molecule has 6 fully saturated rings. The Kier molecular flexibility index (Phi) is 3.07. The van der Waals surface area contributed by atoms with Crippen molar-refractivity contribution >= 4 is 0 Å². The van der Waals surface area contributed by atoms with Crippen LogP contribution in [0.2, 0.25) is 0 Å². The van der Waals surface area contributed by atoms with E-state index in [9.17, 15) is 5.11 Å². The zero-order chi connectivity index (χ0) is 14.9. The molecule has 0 radical (unpaired) electrons. The third kappa shape index (κ3) is 1.92. The van der Waals surface area contributed by atoms with Gasteiger partial charge in [-0.25, -0.2) is 0 Å². The van der Waals surface area contributed by atoms with Crippen LogP contribution < -0.4 is 0 Å². The first kappa shape index (κ1) is 14.3. The molecular formula is C20H32O2. The highest BCUT2D eigenvalue weighted by Crippen LogP contribution is 2.63. The van der Waals surface area contributed by atoms with Gasteiger partial charge in [0.15, 0.2) is 6.29 Å². The lowest BCUT2D eigenvalue weighted by Gasteiger charge is -2.59.